The minimum atomic E-state index is -0.482. The normalized spacial score (nSPS) is 20.2. The number of amides is 1. The van der Waals surface area contributed by atoms with Gasteiger partial charge in [0.15, 0.2) is 0 Å². The van der Waals surface area contributed by atoms with E-state index in [1.807, 2.05) is 30.3 Å². The highest BCUT2D eigenvalue weighted by molar-refractivity contribution is 6.08. The number of nitrogens with two attached hydrogens (primary N) is 1. The SMILES string of the molecule is COc1cc2c(cc1NC(=O)[C@@H]1CC[C@H](CN)O1)oc1ccccc12. The maximum Gasteiger partial charge on any atom is 0.253 e. The Labute approximate surface area is 144 Å². The molecule has 1 amide bonds. The van der Waals surface area contributed by atoms with Crippen LogP contribution in [-0.2, 0) is 9.53 Å². The molecular formula is C19H20N2O4. The van der Waals surface area contributed by atoms with Crippen LogP contribution < -0.4 is 15.8 Å². The molecule has 0 unspecified atom stereocenters. The molecule has 130 valence electrons. The molecule has 1 aliphatic rings. The fourth-order valence-electron chi connectivity index (χ4n) is 3.30. The van der Waals surface area contributed by atoms with Crippen LogP contribution in [0, 0.1) is 0 Å². The van der Waals surface area contributed by atoms with Gasteiger partial charge in [0.2, 0.25) is 0 Å². The second-order valence-corrected chi connectivity index (χ2v) is 6.20. The van der Waals surface area contributed by atoms with Crippen molar-refractivity contribution in [2.45, 2.75) is 25.0 Å². The summed E-state index contributed by atoms with van der Waals surface area (Å²) in [5.41, 5.74) is 7.67. The first-order valence-corrected chi connectivity index (χ1v) is 8.35. The number of benzene rings is 2. The average Bonchev–Trinajstić information content (AvgIpc) is 3.25. The third kappa shape index (κ3) is 2.83. The maximum absolute atomic E-state index is 12.5. The number of anilines is 1. The monoisotopic (exact) mass is 340 g/mol. The van der Waals surface area contributed by atoms with Gasteiger partial charge in [0.25, 0.3) is 5.91 Å². The lowest BCUT2D eigenvalue weighted by molar-refractivity contribution is -0.126. The number of rotatable bonds is 4. The van der Waals surface area contributed by atoms with E-state index in [1.54, 1.807) is 13.2 Å². The molecule has 0 saturated carbocycles. The Morgan fingerprint density at radius 1 is 1.24 bits per heavy atom. The molecule has 2 heterocycles. The van der Waals surface area contributed by atoms with Gasteiger partial charge in [-0.2, -0.15) is 0 Å². The van der Waals surface area contributed by atoms with Crippen molar-refractivity contribution in [3.05, 3.63) is 36.4 Å². The van der Waals surface area contributed by atoms with E-state index in [-0.39, 0.29) is 12.0 Å². The lowest BCUT2D eigenvalue weighted by Crippen LogP contribution is -2.29. The molecule has 0 bridgehead atoms. The predicted molar refractivity (Wildman–Crippen MR) is 95.9 cm³/mol. The molecule has 0 radical (unpaired) electrons. The number of para-hydroxylation sites is 1. The quantitative estimate of drug-likeness (QED) is 0.762. The molecule has 25 heavy (non-hydrogen) atoms. The van der Waals surface area contributed by atoms with Crippen molar-refractivity contribution in [3.63, 3.8) is 0 Å². The number of fused-ring (bicyclic) bond motifs is 3. The lowest BCUT2D eigenvalue weighted by atomic mass is 10.1. The zero-order valence-corrected chi connectivity index (χ0v) is 14.0. The van der Waals surface area contributed by atoms with Crippen molar-refractivity contribution in [1.29, 1.82) is 0 Å². The smallest absolute Gasteiger partial charge is 0.253 e. The van der Waals surface area contributed by atoms with Crippen molar-refractivity contribution in [2.75, 3.05) is 19.0 Å². The molecule has 0 spiro atoms. The van der Waals surface area contributed by atoms with Crippen LogP contribution in [0.2, 0.25) is 0 Å². The number of furan rings is 1. The van der Waals surface area contributed by atoms with E-state index in [4.69, 9.17) is 19.6 Å². The second-order valence-electron chi connectivity index (χ2n) is 6.20. The van der Waals surface area contributed by atoms with Gasteiger partial charge >= 0.3 is 0 Å². The van der Waals surface area contributed by atoms with Gasteiger partial charge in [-0.15, -0.1) is 0 Å². The number of hydrogen-bond acceptors (Lipinski definition) is 5. The van der Waals surface area contributed by atoms with Crippen LogP contribution in [0.5, 0.6) is 5.75 Å². The van der Waals surface area contributed by atoms with Gasteiger partial charge in [0, 0.05) is 23.4 Å². The van der Waals surface area contributed by atoms with E-state index in [0.717, 1.165) is 22.8 Å². The summed E-state index contributed by atoms with van der Waals surface area (Å²) >= 11 is 0. The lowest BCUT2D eigenvalue weighted by Gasteiger charge is -2.14. The number of carbonyl (C=O) groups excluding carboxylic acids is 1. The molecule has 3 N–H and O–H groups in total. The highest BCUT2D eigenvalue weighted by Crippen LogP contribution is 2.36. The van der Waals surface area contributed by atoms with E-state index in [0.29, 0.717) is 30.0 Å². The number of carbonyl (C=O) groups is 1. The van der Waals surface area contributed by atoms with Gasteiger partial charge < -0.3 is 24.9 Å². The minimum Gasteiger partial charge on any atom is -0.495 e. The van der Waals surface area contributed by atoms with Crippen LogP contribution in [0.15, 0.2) is 40.8 Å². The summed E-state index contributed by atoms with van der Waals surface area (Å²) < 4.78 is 17.0. The molecule has 2 aromatic carbocycles. The largest absolute Gasteiger partial charge is 0.495 e. The number of methoxy groups -OCH3 is 1. The standard InChI is InChI=1S/C19H20N2O4/c1-23-18-8-13-12-4-2-3-5-15(12)25-17(13)9-14(18)21-19(22)16-7-6-11(10-20)24-16/h2-5,8-9,11,16H,6-7,10,20H2,1H3,(H,21,22)/t11-,16+/m1/s1. The Morgan fingerprint density at radius 3 is 2.84 bits per heavy atom. The Morgan fingerprint density at radius 2 is 2.08 bits per heavy atom. The molecule has 1 aromatic heterocycles. The fourth-order valence-corrected chi connectivity index (χ4v) is 3.30. The van der Waals surface area contributed by atoms with Gasteiger partial charge in [-0.25, -0.2) is 0 Å². The molecule has 3 aromatic rings. The molecule has 2 atom stereocenters. The molecular weight excluding hydrogens is 320 g/mol. The van der Waals surface area contributed by atoms with E-state index < -0.39 is 6.10 Å². The molecule has 4 rings (SSSR count). The molecule has 6 nitrogen and oxygen atoms in total. The van der Waals surface area contributed by atoms with Crippen LogP contribution in [0.25, 0.3) is 21.9 Å². The highest BCUT2D eigenvalue weighted by atomic mass is 16.5. The highest BCUT2D eigenvalue weighted by Gasteiger charge is 2.30. The van der Waals surface area contributed by atoms with Crippen LogP contribution in [0.4, 0.5) is 5.69 Å². The van der Waals surface area contributed by atoms with Crippen LogP contribution in [0.3, 0.4) is 0 Å². The van der Waals surface area contributed by atoms with E-state index in [2.05, 4.69) is 5.32 Å². The van der Waals surface area contributed by atoms with Crippen LogP contribution in [0.1, 0.15) is 12.8 Å². The van der Waals surface area contributed by atoms with Gasteiger partial charge in [-0.1, -0.05) is 18.2 Å². The Kier molecular flexibility index (Phi) is 4.07. The average molecular weight is 340 g/mol. The maximum atomic E-state index is 12.5. The van der Waals surface area contributed by atoms with Gasteiger partial charge in [0.1, 0.15) is 23.0 Å². The third-order valence-electron chi connectivity index (χ3n) is 4.62. The summed E-state index contributed by atoms with van der Waals surface area (Å²) in [6.45, 7) is 0.429. The first-order valence-electron chi connectivity index (χ1n) is 8.35. The summed E-state index contributed by atoms with van der Waals surface area (Å²) in [4.78, 5) is 12.5. The van der Waals surface area contributed by atoms with Crippen LogP contribution >= 0.6 is 0 Å². The van der Waals surface area contributed by atoms with E-state index in [9.17, 15) is 4.79 Å². The first-order chi connectivity index (χ1) is 12.2. The van der Waals surface area contributed by atoms with Gasteiger partial charge in [-0.05, 0) is 25.0 Å². The van der Waals surface area contributed by atoms with E-state index in [1.165, 1.54) is 0 Å². The van der Waals surface area contributed by atoms with Crippen molar-refractivity contribution in [1.82, 2.24) is 0 Å². The van der Waals surface area contributed by atoms with Gasteiger partial charge in [-0.3, -0.25) is 4.79 Å². The molecule has 0 aliphatic carbocycles. The number of nitrogens with one attached hydrogen (secondary N) is 1. The van der Waals surface area contributed by atoms with Gasteiger partial charge in [0.05, 0.1) is 18.9 Å². The summed E-state index contributed by atoms with van der Waals surface area (Å²) in [5, 5.41) is 4.86. The fraction of sp³-hybridized carbons (Fsp3) is 0.316. The zero-order chi connectivity index (χ0) is 17.4. The Bertz CT molecular complexity index is 934. The Hall–Kier alpha value is -2.57. The molecule has 1 saturated heterocycles. The predicted octanol–water partition coefficient (Wildman–Crippen LogP) is 3.04. The van der Waals surface area contributed by atoms with E-state index >= 15 is 0 Å². The molecule has 6 heteroatoms. The van der Waals surface area contributed by atoms with Crippen molar-refractivity contribution < 1.29 is 18.7 Å². The number of ether oxygens (including phenoxy) is 2. The first kappa shape index (κ1) is 15.9. The summed E-state index contributed by atoms with van der Waals surface area (Å²) in [6.07, 6.45) is 0.942. The van der Waals surface area contributed by atoms with Crippen molar-refractivity contribution in [2.24, 2.45) is 5.73 Å². The summed E-state index contributed by atoms with van der Waals surface area (Å²) in [5.74, 6) is 0.394. The third-order valence-corrected chi connectivity index (χ3v) is 4.62. The second kappa shape index (κ2) is 6.38. The van der Waals surface area contributed by atoms with Crippen molar-refractivity contribution in [3.8, 4) is 5.75 Å². The summed E-state index contributed by atoms with van der Waals surface area (Å²) in [6, 6.07) is 11.5. The Balaban J connectivity index is 1.66. The summed E-state index contributed by atoms with van der Waals surface area (Å²) in [7, 11) is 1.58. The molecule has 1 aliphatic heterocycles. The van der Waals surface area contributed by atoms with Crippen molar-refractivity contribution >= 4 is 33.5 Å². The minimum absolute atomic E-state index is 0.0458. The zero-order valence-electron chi connectivity index (χ0n) is 14.0. The number of hydrogen-bond donors (Lipinski definition) is 2. The topological polar surface area (TPSA) is 86.7 Å². The van der Waals surface area contributed by atoms with Crippen LogP contribution in [-0.4, -0.2) is 31.8 Å². The molecule has 1 fully saturated rings.